The van der Waals surface area contributed by atoms with E-state index in [1.54, 1.807) is 0 Å². The molecule has 0 saturated carbocycles. The van der Waals surface area contributed by atoms with E-state index >= 15 is 0 Å². The van der Waals surface area contributed by atoms with Crippen LogP contribution >= 0.6 is 0 Å². The van der Waals surface area contributed by atoms with E-state index in [0.29, 0.717) is 0 Å². The highest BCUT2D eigenvalue weighted by Crippen LogP contribution is 2.65. The lowest BCUT2D eigenvalue weighted by Gasteiger charge is -2.31. The van der Waals surface area contributed by atoms with Crippen molar-refractivity contribution >= 4 is 22.4 Å². The summed E-state index contributed by atoms with van der Waals surface area (Å²) in [5.41, 5.74) is 22.5. The van der Waals surface area contributed by atoms with E-state index in [2.05, 4.69) is 171 Å². The number of unbranched alkanes of at least 4 members (excludes halogenated alkanes) is 3. The Kier molecular flexibility index (Phi) is 6.44. The standard InChI is InChI=1S/C52H38/c1-2-3-4-5-15-33-16-6-7-17-34-26-27-35(30-43(33)34)36-28-29-48-44(31-36)39-20-10-12-24-46(39)52(48)47-25-13-11-21-41(47)51-42-23-14-22-40-37-18-8-9-19-38(37)45(50(40)42)32-49(51)52/h6-32H,2-5H2,1H3/b33-15-. The van der Waals surface area contributed by atoms with Gasteiger partial charge in [0, 0.05) is 0 Å². The van der Waals surface area contributed by atoms with Crippen molar-refractivity contribution < 1.29 is 0 Å². The van der Waals surface area contributed by atoms with Gasteiger partial charge in [0.2, 0.25) is 0 Å². The van der Waals surface area contributed by atoms with E-state index in [0.717, 1.165) is 6.42 Å². The molecule has 246 valence electrons. The van der Waals surface area contributed by atoms with Gasteiger partial charge >= 0.3 is 0 Å². The van der Waals surface area contributed by atoms with E-state index in [1.165, 1.54) is 125 Å². The summed E-state index contributed by atoms with van der Waals surface area (Å²) < 4.78 is 0. The second kappa shape index (κ2) is 11.3. The van der Waals surface area contributed by atoms with Crippen LogP contribution in [-0.2, 0) is 5.41 Å². The molecule has 0 N–H and O–H groups in total. The molecule has 0 heterocycles. The predicted molar refractivity (Wildman–Crippen MR) is 220 cm³/mol. The van der Waals surface area contributed by atoms with Crippen LogP contribution in [0.3, 0.4) is 0 Å². The average Bonchev–Trinajstić information content (AvgIpc) is 3.73. The molecule has 1 atom stereocenters. The SMILES string of the molecule is CCCCC/C=C1/C=CC=Cc2ccc(-c3ccc4c(c3)-c3ccccc3C43c4ccccc4-c4c3cc3c5c(cccc45)-c4ccccc4-3)cc21. The number of benzene rings is 7. The second-order valence-corrected chi connectivity index (χ2v) is 14.9. The van der Waals surface area contributed by atoms with Gasteiger partial charge in [-0.25, -0.2) is 0 Å². The summed E-state index contributed by atoms with van der Waals surface area (Å²) in [6.07, 6.45) is 16.2. The first-order chi connectivity index (χ1) is 25.8. The van der Waals surface area contributed by atoms with Gasteiger partial charge in [-0.2, -0.15) is 0 Å². The molecule has 7 aromatic carbocycles. The fourth-order valence-corrected chi connectivity index (χ4v) is 10.0. The maximum Gasteiger partial charge on any atom is 0.0725 e. The summed E-state index contributed by atoms with van der Waals surface area (Å²) in [4.78, 5) is 0. The predicted octanol–water partition coefficient (Wildman–Crippen LogP) is 14.0. The molecular weight excluding hydrogens is 625 g/mol. The van der Waals surface area contributed by atoms with Gasteiger partial charge in [-0.3, -0.25) is 0 Å². The fraction of sp³-hybridized carbons (Fsp3) is 0.115. The summed E-state index contributed by atoms with van der Waals surface area (Å²) >= 11 is 0. The lowest BCUT2D eigenvalue weighted by atomic mass is 9.70. The molecular formula is C52H38. The van der Waals surface area contributed by atoms with Crippen LogP contribution in [0, 0.1) is 0 Å². The molecule has 0 heteroatoms. The topological polar surface area (TPSA) is 0 Å². The van der Waals surface area contributed by atoms with E-state index < -0.39 is 5.41 Å². The van der Waals surface area contributed by atoms with Crippen molar-refractivity contribution in [3.05, 3.63) is 191 Å². The zero-order valence-corrected chi connectivity index (χ0v) is 29.4. The van der Waals surface area contributed by atoms with Gasteiger partial charge in [0.15, 0.2) is 0 Å². The molecule has 0 amide bonds. The van der Waals surface area contributed by atoms with Gasteiger partial charge in [-0.15, -0.1) is 0 Å². The fourth-order valence-electron chi connectivity index (χ4n) is 10.0. The molecule has 4 aliphatic carbocycles. The number of hydrogen-bond acceptors (Lipinski definition) is 0. The molecule has 0 fully saturated rings. The van der Waals surface area contributed by atoms with Gasteiger partial charge in [0.25, 0.3) is 0 Å². The molecule has 11 rings (SSSR count). The zero-order chi connectivity index (χ0) is 34.4. The Morgan fingerprint density at radius 1 is 0.481 bits per heavy atom. The number of rotatable bonds is 5. The van der Waals surface area contributed by atoms with Crippen molar-refractivity contribution in [2.75, 3.05) is 0 Å². The Morgan fingerprint density at radius 2 is 1.13 bits per heavy atom. The summed E-state index contributed by atoms with van der Waals surface area (Å²) in [5, 5.41) is 2.75. The third-order valence-electron chi connectivity index (χ3n) is 12.3. The largest absolute Gasteiger partial charge is 0.0766 e. The molecule has 52 heavy (non-hydrogen) atoms. The van der Waals surface area contributed by atoms with Crippen LogP contribution in [0.25, 0.3) is 78.1 Å². The molecule has 4 aliphatic rings. The van der Waals surface area contributed by atoms with E-state index in [4.69, 9.17) is 0 Å². The molecule has 0 saturated heterocycles. The highest BCUT2D eigenvalue weighted by Gasteiger charge is 2.52. The summed E-state index contributed by atoms with van der Waals surface area (Å²) in [6, 6.07) is 51.2. The highest BCUT2D eigenvalue weighted by atomic mass is 14.5. The monoisotopic (exact) mass is 662 g/mol. The Morgan fingerprint density at radius 3 is 1.96 bits per heavy atom. The van der Waals surface area contributed by atoms with Gasteiger partial charge in [-0.05, 0) is 136 Å². The highest BCUT2D eigenvalue weighted by molar-refractivity contribution is 6.21. The van der Waals surface area contributed by atoms with Crippen molar-refractivity contribution in [1.82, 2.24) is 0 Å². The Balaban J connectivity index is 1.14. The Labute approximate surface area is 306 Å². The van der Waals surface area contributed by atoms with E-state index in [1.807, 2.05) is 0 Å². The molecule has 0 aliphatic heterocycles. The molecule has 7 aromatic rings. The minimum atomic E-state index is -0.396. The first kappa shape index (κ1) is 29.7. The molecule has 0 bridgehead atoms. The van der Waals surface area contributed by atoms with Crippen LogP contribution < -0.4 is 0 Å². The van der Waals surface area contributed by atoms with Crippen molar-refractivity contribution in [3.63, 3.8) is 0 Å². The first-order valence-corrected chi connectivity index (χ1v) is 19.0. The van der Waals surface area contributed by atoms with Crippen LogP contribution in [0.2, 0.25) is 0 Å². The van der Waals surface area contributed by atoms with Crippen molar-refractivity contribution in [1.29, 1.82) is 0 Å². The second-order valence-electron chi connectivity index (χ2n) is 14.9. The Hall–Kier alpha value is -5.98. The van der Waals surface area contributed by atoms with Crippen molar-refractivity contribution in [2.24, 2.45) is 0 Å². The maximum absolute atomic E-state index is 2.56. The molecule has 0 nitrogen and oxygen atoms in total. The molecule has 1 spiro atoms. The van der Waals surface area contributed by atoms with Crippen LogP contribution in [0.15, 0.2) is 158 Å². The maximum atomic E-state index is 2.56. The van der Waals surface area contributed by atoms with Crippen LogP contribution in [0.5, 0.6) is 0 Å². The van der Waals surface area contributed by atoms with Gasteiger partial charge in [0.1, 0.15) is 0 Å². The number of hydrogen-bond donors (Lipinski definition) is 0. The summed E-state index contributed by atoms with van der Waals surface area (Å²) in [5.74, 6) is 0. The lowest BCUT2D eigenvalue weighted by Crippen LogP contribution is -2.25. The van der Waals surface area contributed by atoms with E-state index in [-0.39, 0.29) is 0 Å². The summed E-state index contributed by atoms with van der Waals surface area (Å²) in [7, 11) is 0. The normalized spacial score (nSPS) is 17.2. The van der Waals surface area contributed by atoms with Gasteiger partial charge in [-0.1, -0.05) is 165 Å². The third kappa shape index (κ3) is 3.93. The zero-order valence-electron chi connectivity index (χ0n) is 29.4. The van der Waals surface area contributed by atoms with Gasteiger partial charge < -0.3 is 0 Å². The average molecular weight is 663 g/mol. The van der Waals surface area contributed by atoms with Crippen LogP contribution in [0.4, 0.5) is 0 Å². The van der Waals surface area contributed by atoms with Crippen LogP contribution in [-0.4, -0.2) is 0 Å². The minimum Gasteiger partial charge on any atom is -0.0766 e. The Bertz CT molecular complexity index is 2750. The third-order valence-corrected chi connectivity index (χ3v) is 12.3. The van der Waals surface area contributed by atoms with E-state index in [9.17, 15) is 0 Å². The number of fused-ring (bicyclic) bond motifs is 15. The number of allylic oxidation sites excluding steroid dienone is 5. The van der Waals surface area contributed by atoms with Crippen LogP contribution in [0.1, 0.15) is 66.0 Å². The molecule has 0 radical (unpaired) electrons. The van der Waals surface area contributed by atoms with Crippen molar-refractivity contribution in [3.8, 4) is 55.6 Å². The lowest BCUT2D eigenvalue weighted by molar-refractivity contribution is 0.730. The van der Waals surface area contributed by atoms with Gasteiger partial charge in [0.05, 0.1) is 5.41 Å². The molecule has 1 unspecified atom stereocenters. The summed E-state index contributed by atoms with van der Waals surface area (Å²) in [6.45, 7) is 2.27. The molecule has 0 aromatic heterocycles. The minimum absolute atomic E-state index is 0.396. The smallest absolute Gasteiger partial charge is 0.0725 e. The quantitative estimate of drug-likeness (QED) is 0.161. The van der Waals surface area contributed by atoms with Crippen molar-refractivity contribution in [2.45, 2.75) is 38.0 Å². The first-order valence-electron chi connectivity index (χ1n) is 19.0.